The van der Waals surface area contributed by atoms with Gasteiger partial charge < -0.3 is 10.6 Å². The third-order valence-electron chi connectivity index (χ3n) is 4.07. The molecular formula is C15H20N4O. The number of pyridine rings is 1. The van der Waals surface area contributed by atoms with Crippen LogP contribution in [0, 0.1) is 5.92 Å². The van der Waals surface area contributed by atoms with E-state index >= 15 is 0 Å². The van der Waals surface area contributed by atoms with E-state index in [1.807, 2.05) is 24.4 Å². The molecule has 106 valence electrons. The van der Waals surface area contributed by atoms with Crippen molar-refractivity contribution in [3.63, 3.8) is 0 Å². The fourth-order valence-electron chi connectivity index (χ4n) is 2.82. The molecule has 5 heteroatoms. The Morgan fingerprint density at radius 2 is 2.45 bits per heavy atom. The van der Waals surface area contributed by atoms with Gasteiger partial charge in [0.1, 0.15) is 0 Å². The molecule has 3 rings (SSSR count). The van der Waals surface area contributed by atoms with Gasteiger partial charge in [0, 0.05) is 12.2 Å². The average molecular weight is 272 g/mol. The predicted molar refractivity (Wildman–Crippen MR) is 77.7 cm³/mol. The summed E-state index contributed by atoms with van der Waals surface area (Å²) in [5.74, 6) is 0.471. The minimum Gasteiger partial charge on any atom is -0.349 e. The number of hydrogen-bond acceptors (Lipinski definition) is 3. The Hall–Kier alpha value is -1.88. The molecule has 2 aromatic heterocycles. The summed E-state index contributed by atoms with van der Waals surface area (Å²) in [6.45, 7) is 4.16. The quantitative estimate of drug-likeness (QED) is 0.889. The summed E-state index contributed by atoms with van der Waals surface area (Å²) in [5.41, 5.74) is 1.49. The summed E-state index contributed by atoms with van der Waals surface area (Å²) in [6.07, 6.45) is 5.84. The molecule has 2 aromatic rings. The van der Waals surface area contributed by atoms with E-state index in [0.717, 1.165) is 18.6 Å². The first kappa shape index (κ1) is 13.1. The Morgan fingerprint density at radius 1 is 1.55 bits per heavy atom. The molecule has 0 radical (unpaired) electrons. The number of nitrogens with zero attached hydrogens (tertiary/aromatic N) is 2. The molecule has 1 aliphatic rings. The maximum Gasteiger partial charge on any atom is 0.255 e. The zero-order valence-electron chi connectivity index (χ0n) is 11.7. The van der Waals surface area contributed by atoms with Crippen LogP contribution in [0.5, 0.6) is 0 Å². The highest BCUT2D eigenvalue weighted by atomic mass is 16.1. The van der Waals surface area contributed by atoms with Crippen molar-refractivity contribution < 1.29 is 4.79 Å². The molecule has 2 atom stereocenters. The van der Waals surface area contributed by atoms with Crippen molar-refractivity contribution in [1.29, 1.82) is 0 Å². The lowest BCUT2D eigenvalue weighted by molar-refractivity contribution is 0.0923. The smallest absolute Gasteiger partial charge is 0.255 e. The van der Waals surface area contributed by atoms with Crippen molar-refractivity contribution in [3.05, 3.63) is 36.2 Å². The first-order valence-electron chi connectivity index (χ1n) is 7.19. The summed E-state index contributed by atoms with van der Waals surface area (Å²) in [6, 6.07) is 5.91. The Bertz CT molecular complexity index is 601. The highest BCUT2D eigenvalue weighted by Crippen LogP contribution is 2.16. The molecule has 1 saturated heterocycles. The van der Waals surface area contributed by atoms with Crippen molar-refractivity contribution in [1.82, 2.24) is 20.2 Å². The topological polar surface area (TPSA) is 58.4 Å². The number of aromatic nitrogens is 2. The van der Waals surface area contributed by atoms with E-state index in [9.17, 15) is 4.79 Å². The van der Waals surface area contributed by atoms with Crippen LogP contribution in [0.2, 0.25) is 0 Å². The van der Waals surface area contributed by atoms with Crippen molar-refractivity contribution in [3.8, 4) is 0 Å². The lowest BCUT2D eigenvalue weighted by Gasteiger charge is -2.28. The number of hydrogen-bond donors (Lipinski definition) is 2. The van der Waals surface area contributed by atoms with Gasteiger partial charge in [-0.3, -0.25) is 4.79 Å². The minimum absolute atomic E-state index is 0.0377. The maximum atomic E-state index is 12.4. The number of nitrogens with one attached hydrogen (secondary N) is 2. The Kier molecular flexibility index (Phi) is 3.69. The minimum atomic E-state index is -0.0377. The van der Waals surface area contributed by atoms with Gasteiger partial charge in [-0.25, -0.2) is 4.52 Å². The third-order valence-corrected chi connectivity index (χ3v) is 4.07. The van der Waals surface area contributed by atoms with Crippen LogP contribution in [0.4, 0.5) is 0 Å². The first-order valence-corrected chi connectivity index (χ1v) is 7.19. The lowest BCUT2D eigenvalue weighted by atomic mass is 9.92. The second-order valence-corrected chi connectivity index (χ2v) is 5.46. The van der Waals surface area contributed by atoms with Crippen LogP contribution in [-0.2, 0) is 0 Å². The Labute approximate surface area is 118 Å². The predicted octanol–water partition coefficient (Wildman–Crippen LogP) is 1.45. The number of amides is 1. The number of fused-ring (bicyclic) bond motifs is 1. The van der Waals surface area contributed by atoms with Gasteiger partial charge in [0.2, 0.25) is 0 Å². The van der Waals surface area contributed by atoms with Gasteiger partial charge in [-0.2, -0.15) is 5.10 Å². The van der Waals surface area contributed by atoms with E-state index in [-0.39, 0.29) is 11.9 Å². The normalized spacial score (nSPS) is 20.8. The van der Waals surface area contributed by atoms with E-state index in [2.05, 4.69) is 22.7 Å². The van der Waals surface area contributed by atoms with E-state index in [0.29, 0.717) is 11.5 Å². The van der Waals surface area contributed by atoms with Crippen LogP contribution in [0.3, 0.4) is 0 Å². The zero-order valence-corrected chi connectivity index (χ0v) is 11.7. The van der Waals surface area contributed by atoms with Gasteiger partial charge in [0.15, 0.2) is 0 Å². The standard InChI is InChI=1S/C15H20N4O/c1-11(12-5-4-7-16-9-12)18-15(20)13-10-17-19-8-3-2-6-14(13)19/h2-3,6,8,10-12,16H,4-5,7,9H2,1H3,(H,18,20). The molecule has 3 heterocycles. The van der Waals surface area contributed by atoms with Crippen LogP contribution >= 0.6 is 0 Å². The second-order valence-electron chi connectivity index (χ2n) is 5.46. The molecule has 0 aromatic carbocycles. The van der Waals surface area contributed by atoms with Crippen LogP contribution in [0.1, 0.15) is 30.1 Å². The lowest BCUT2D eigenvalue weighted by Crippen LogP contribution is -2.44. The van der Waals surface area contributed by atoms with Gasteiger partial charge >= 0.3 is 0 Å². The van der Waals surface area contributed by atoms with Crippen LogP contribution in [-0.4, -0.2) is 34.7 Å². The SMILES string of the molecule is CC(NC(=O)c1cnn2ccccc12)C1CCCNC1. The average Bonchev–Trinajstić information content (AvgIpc) is 2.92. The van der Waals surface area contributed by atoms with Crippen molar-refractivity contribution in [2.24, 2.45) is 5.92 Å². The zero-order chi connectivity index (χ0) is 13.9. The number of carbonyl (C=O) groups is 1. The molecule has 20 heavy (non-hydrogen) atoms. The summed E-state index contributed by atoms with van der Waals surface area (Å²) in [5, 5.41) is 10.7. The molecule has 1 aliphatic heterocycles. The van der Waals surface area contributed by atoms with E-state index in [4.69, 9.17) is 0 Å². The van der Waals surface area contributed by atoms with Crippen LogP contribution in [0.25, 0.3) is 5.52 Å². The maximum absolute atomic E-state index is 12.4. The van der Waals surface area contributed by atoms with Crippen LogP contribution in [0.15, 0.2) is 30.6 Å². The third kappa shape index (κ3) is 2.54. The van der Waals surface area contributed by atoms with Crippen molar-refractivity contribution in [2.75, 3.05) is 13.1 Å². The molecule has 0 aliphatic carbocycles. The molecule has 0 bridgehead atoms. The van der Waals surface area contributed by atoms with Gasteiger partial charge in [-0.15, -0.1) is 0 Å². The summed E-state index contributed by atoms with van der Waals surface area (Å²) in [4.78, 5) is 12.4. The van der Waals surface area contributed by atoms with Gasteiger partial charge in [0.25, 0.3) is 5.91 Å². The highest BCUT2D eigenvalue weighted by molar-refractivity contribution is 6.00. The van der Waals surface area contributed by atoms with Gasteiger partial charge in [0.05, 0.1) is 17.3 Å². The van der Waals surface area contributed by atoms with Gasteiger partial charge in [-0.1, -0.05) is 6.07 Å². The molecule has 0 spiro atoms. The number of rotatable bonds is 3. The highest BCUT2D eigenvalue weighted by Gasteiger charge is 2.22. The monoisotopic (exact) mass is 272 g/mol. The fraction of sp³-hybridized carbons (Fsp3) is 0.467. The molecule has 1 fully saturated rings. The number of carbonyl (C=O) groups excluding carboxylic acids is 1. The van der Waals surface area contributed by atoms with Crippen molar-refractivity contribution >= 4 is 11.4 Å². The molecule has 1 amide bonds. The van der Waals surface area contributed by atoms with E-state index < -0.39 is 0 Å². The Morgan fingerprint density at radius 3 is 3.25 bits per heavy atom. The fourth-order valence-corrected chi connectivity index (χ4v) is 2.82. The summed E-state index contributed by atoms with van der Waals surface area (Å²) in [7, 11) is 0. The summed E-state index contributed by atoms with van der Waals surface area (Å²) >= 11 is 0. The van der Waals surface area contributed by atoms with Gasteiger partial charge in [-0.05, 0) is 50.9 Å². The molecule has 2 N–H and O–H groups in total. The van der Waals surface area contributed by atoms with Crippen molar-refractivity contribution in [2.45, 2.75) is 25.8 Å². The largest absolute Gasteiger partial charge is 0.349 e. The Balaban J connectivity index is 1.72. The number of piperidine rings is 1. The van der Waals surface area contributed by atoms with E-state index in [1.54, 1.807) is 10.7 Å². The molecule has 2 unspecified atom stereocenters. The first-order chi connectivity index (χ1) is 9.75. The van der Waals surface area contributed by atoms with Crippen LogP contribution < -0.4 is 10.6 Å². The molecule has 0 saturated carbocycles. The molecule has 5 nitrogen and oxygen atoms in total. The second kappa shape index (κ2) is 5.63. The summed E-state index contributed by atoms with van der Waals surface area (Å²) < 4.78 is 1.72. The molecular weight excluding hydrogens is 252 g/mol. The van der Waals surface area contributed by atoms with E-state index in [1.165, 1.54) is 12.8 Å².